The van der Waals surface area contributed by atoms with Gasteiger partial charge in [0.2, 0.25) is 5.91 Å². The average Bonchev–Trinajstić information content (AvgIpc) is 2.45. The maximum Gasteiger partial charge on any atom is 0.240 e. The molecule has 4 nitrogen and oxygen atoms in total. The molecule has 0 radical (unpaired) electrons. The molecule has 1 aromatic carbocycles. The van der Waals surface area contributed by atoms with Gasteiger partial charge in [0.05, 0.1) is 5.71 Å². The number of hydrazone groups is 1. The molecule has 4 heteroatoms. The van der Waals surface area contributed by atoms with Crippen molar-refractivity contribution in [2.45, 2.75) is 39.0 Å². The van der Waals surface area contributed by atoms with Gasteiger partial charge in [0.1, 0.15) is 0 Å². The Hall–Kier alpha value is -1.84. The van der Waals surface area contributed by atoms with Crippen molar-refractivity contribution in [3.63, 3.8) is 0 Å². The fourth-order valence-corrected chi connectivity index (χ4v) is 2.16. The first-order valence-electron chi connectivity index (χ1n) is 7.00. The van der Waals surface area contributed by atoms with Crippen LogP contribution in [-0.2, 0) is 4.79 Å². The second-order valence-electron chi connectivity index (χ2n) is 4.77. The highest BCUT2D eigenvalue weighted by Crippen LogP contribution is 2.19. The van der Waals surface area contributed by atoms with Gasteiger partial charge in [-0.15, -0.1) is 0 Å². The normalized spacial score (nSPS) is 14.8. The van der Waals surface area contributed by atoms with Crippen molar-refractivity contribution in [1.29, 1.82) is 0 Å². The van der Waals surface area contributed by atoms with Gasteiger partial charge in [0.25, 0.3) is 0 Å². The fourth-order valence-electron chi connectivity index (χ4n) is 2.16. The van der Waals surface area contributed by atoms with E-state index in [9.17, 15) is 4.79 Å². The Morgan fingerprint density at radius 3 is 2.84 bits per heavy atom. The third kappa shape index (κ3) is 3.81. The van der Waals surface area contributed by atoms with Crippen LogP contribution in [0.25, 0.3) is 0 Å². The Labute approximate surface area is 114 Å². The zero-order chi connectivity index (χ0) is 13.5. The number of nitrogens with one attached hydrogen (secondary N) is 2. The molecule has 0 saturated carbocycles. The summed E-state index contributed by atoms with van der Waals surface area (Å²) < 4.78 is 0. The van der Waals surface area contributed by atoms with Gasteiger partial charge < -0.3 is 5.32 Å². The topological polar surface area (TPSA) is 53.5 Å². The highest BCUT2D eigenvalue weighted by atomic mass is 16.2. The Morgan fingerprint density at radius 1 is 1.26 bits per heavy atom. The number of nitrogens with zero attached hydrogens (tertiary/aromatic N) is 1. The maximum absolute atomic E-state index is 11.1. The van der Waals surface area contributed by atoms with E-state index in [-0.39, 0.29) is 5.91 Å². The summed E-state index contributed by atoms with van der Waals surface area (Å²) >= 11 is 0. The Kier molecular flexibility index (Phi) is 4.95. The molecule has 1 heterocycles. The lowest BCUT2D eigenvalue weighted by Gasteiger charge is -2.16. The molecule has 1 aromatic rings. The molecule has 0 spiro atoms. The van der Waals surface area contributed by atoms with Crippen molar-refractivity contribution in [1.82, 2.24) is 5.43 Å². The molecule has 0 aliphatic carbocycles. The van der Waals surface area contributed by atoms with Crippen molar-refractivity contribution in [2.75, 3.05) is 11.9 Å². The van der Waals surface area contributed by atoms with Crippen LogP contribution in [0.15, 0.2) is 29.4 Å². The van der Waals surface area contributed by atoms with E-state index >= 15 is 0 Å². The molecule has 0 saturated heterocycles. The van der Waals surface area contributed by atoms with Gasteiger partial charge in [0.15, 0.2) is 0 Å². The molecule has 0 aromatic heterocycles. The Morgan fingerprint density at radius 2 is 2.11 bits per heavy atom. The van der Waals surface area contributed by atoms with Gasteiger partial charge in [-0.25, -0.2) is 5.43 Å². The van der Waals surface area contributed by atoms with E-state index in [1.807, 2.05) is 12.1 Å². The van der Waals surface area contributed by atoms with Crippen molar-refractivity contribution in [3.8, 4) is 0 Å². The van der Waals surface area contributed by atoms with Crippen LogP contribution in [0.1, 0.15) is 44.6 Å². The van der Waals surface area contributed by atoms with Crippen molar-refractivity contribution < 1.29 is 4.79 Å². The molecule has 2 N–H and O–H groups in total. The molecule has 1 aliphatic heterocycles. The number of hydrogen-bond acceptors (Lipinski definition) is 3. The minimum Gasteiger partial charge on any atom is -0.385 e. The van der Waals surface area contributed by atoms with Crippen LogP contribution in [0.4, 0.5) is 5.69 Å². The van der Waals surface area contributed by atoms with E-state index < -0.39 is 0 Å². The third-order valence-electron chi connectivity index (χ3n) is 3.24. The molecular weight excluding hydrogens is 238 g/mol. The molecule has 2 rings (SSSR count). The van der Waals surface area contributed by atoms with Gasteiger partial charge in [-0.2, -0.15) is 5.10 Å². The van der Waals surface area contributed by atoms with E-state index in [0.29, 0.717) is 12.8 Å². The molecule has 102 valence electrons. The quantitative estimate of drug-likeness (QED) is 0.772. The van der Waals surface area contributed by atoms with Crippen LogP contribution >= 0.6 is 0 Å². The molecule has 1 aliphatic rings. The largest absolute Gasteiger partial charge is 0.385 e. The Balaban J connectivity index is 2.05. The zero-order valence-corrected chi connectivity index (χ0v) is 11.4. The van der Waals surface area contributed by atoms with Gasteiger partial charge in [-0.05, 0) is 12.5 Å². The third-order valence-corrected chi connectivity index (χ3v) is 3.24. The first-order valence-corrected chi connectivity index (χ1v) is 7.00. The first kappa shape index (κ1) is 13.6. The second-order valence-corrected chi connectivity index (χ2v) is 4.77. The first-order chi connectivity index (χ1) is 9.31. The van der Waals surface area contributed by atoms with Crippen molar-refractivity contribution >= 4 is 17.3 Å². The Bertz CT molecular complexity index is 468. The average molecular weight is 259 g/mol. The monoisotopic (exact) mass is 259 g/mol. The number of amides is 1. The summed E-state index contributed by atoms with van der Waals surface area (Å²) in [6.07, 6.45) is 4.87. The number of para-hydroxylation sites is 1. The van der Waals surface area contributed by atoms with Crippen LogP contribution in [0.5, 0.6) is 0 Å². The minimum atomic E-state index is -0.00265. The highest BCUT2D eigenvalue weighted by Gasteiger charge is 2.15. The number of rotatable bonds is 6. The van der Waals surface area contributed by atoms with Crippen molar-refractivity contribution in [3.05, 3.63) is 29.8 Å². The summed E-state index contributed by atoms with van der Waals surface area (Å²) in [7, 11) is 0. The SMILES string of the molecule is CCCCCNc1ccccc1C1=NNC(=O)CC1. The number of carbonyl (C=O) groups is 1. The van der Waals surface area contributed by atoms with Gasteiger partial charge in [0, 0.05) is 30.6 Å². The fraction of sp³-hybridized carbons (Fsp3) is 0.467. The molecular formula is C15H21N3O. The predicted octanol–water partition coefficient (Wildman–Crippen LogP) is 2.90. The summed E-state index contributed by atoms with van der Waals surface area (Å²) in [5, 5.41) is 7.63. The van der Waals surface area contributed by atoms with E-state index in [4.69, 9.17) is 0 Å². The summed E-state index contributed by atoms with van der Waals surface area (Å²) in [6, 6.07) is 8.15. The summed E-state index contributed by atoms with van der Waals surface area (Å²) in [6.45, 7) is 3.18. The van der Waals surface area contributed by atoms with Crippen LogP contribution in [-0.4, -0.2) is 18.2 Å². The summed E-state index contributed by atoms with van der Waals surface area (Å²) in [4.78, 5) is 11.1. The lowest BCUT2D eigenvalue weighted by molar-refractivity contribution is -0.121. The second kappa shape index (κ2) is 6.92. The molecule has 0 fully saturated rings. The predicted molar refractivity (Wildman–Crippen MR) is 78.4 cm³/mol. The molecule has 19 heavy (non-hydrogen) atoms. The lowest BCUT2D eigenvalue weighted by Crippen LogP contribution is -2.26. The van der Waals surface area contributed by atoms with Gasteiger partial charge in [-0.3, -0.25) is 4.79 Å². The van der Waals surface area contributed by atoms with E-state index in [2.05, 4.69) is 34.9 Å². The zero-order valence-electron chi connectivity index (χ0n) is 11.4. The smallest absolute Gasteiger partial charge is 0.240 e. The highest BCUT2D eigenvalue weighted by molar-refractivity contribution is 6.07. The van der Waals surface area contributed by atoms with E-state index in [1.165, 1.54) is 19.3 Å². The number of carbonyl (C=O) groups excluding carboxylic acids is 1. The van der Waals surface area contributed by atoms with Crippen LogP contribution < -0.4 is 10.7 Å². The van der Waals surface area contributed by atoms with Crippen molar-refractivity contribution in [2.24, 2.45) is 5.10 Å². The standard InChI is InChI=1S/C15H21N3O/c1-2-3-6-11-16-13-8-5-4-7-12(13)14-9-10-15(19)18-17-14/h4-5,7-8,16H,2-3,6,9-11H2,1H3,(H,18,19). The summed E-state index contributed by atoms with van der Waals surface area (Å²) in [5.41, 5.74) is 5.71. The molecule has 0 unspecified atom stereocenters. The van der Waals surface area contributed by atoms with Crippen LogP contribution in [0.3, 0.4) is 0 Å². The van der Waals surface area contributed by atoms with E-state index in [1.54, 1.807) is 0 Å². The lowest BCUT2D eigenvalue weighted by atomic mass is 10.0. The minimum absolute atomic E-state index is 0.00265. The number of benzene rings is 1. The van der Waals surface area contributed by atoms with Crippen LogP contribution in [0.2, 0.25) is 0 Å². The van der Waals surface area contributed by atoms with Gasteiger partial charge >= 0.3 is 0 Å². The van der Waals surface area contributed by atoms with Gasteiger partial charge in [-0.1, -0.05) is 38.0 Å². The molecule has 0 atom stereocenters. The number of unbranched alkanes of at least 4 members (excludes halogenated alkanes) is 2. The summed E-state index contributed by atoms with van der Waals surface area (Å²) in [5.74, 6) is -0.00265. The maximum atomic E-state index is 11.1. The molecule has 1 amide bonds. The number of hydrogen-bond donors (Lipinski definition) is 2. The number of anilines is 1. The van der Waals surface area contributed by atoms with E-state index in [0.717, 1.165) is 23.5 Å². The van der Waals surface area contributed by atoms with Crippen LogP contribution in [0, 0.1) is 0 Å². The molecule has 0 bridgehead atoms.